The number of pyridine rings is 1. The van der Waals surface area contributed by atoms with Crippen molar-refractivity contribution in [3.63, 3.8) is 0 Å². The Labute approximate surface area is 126 Å². The largest absolute Gasteiger partial charge is 0.496 e. The zero-order valence-corrected chi connectivity index (χ0v) is 13.2. The summed E-state index contributed by atoms with van der Waals surface area (Å²) >= 11 is 0. The summed E-state index contributed by atoms with van der Waals surface area (Å²) in [6.45, 7) is 5.58. The van der Waals surface area contributed by atoms with Crippen LogP contribution in [0.5, 0.6) is 5.75 Å². The topological polar surface area (TPSA) is 51.4 Å². The van der Waals surface area contributed by atoms with Crippen LogP contribution in [-0.4, -0.2) is 24.0 Å². The van der Waals surface area contributed by atoms with Gasteiger partial charge < -0.3 is 10.5 Å². The average molecular weight is 285 g/mol. The van der Waals surface area contributed by atoms with E-state index in [1.165, 1.54) is 5.56 Å². The standard InChI is InChI=1S/C17H23N3O/c1-12-9-19-15(13(2)17(12)18)11-20(3)10-14-7-5-6-8-16(14)21-4/h5-9H,10-11H2,1-4H3,(H2,18,19). The third-order valence-corrected chi connectivity index (χ3v) is 3.73. The Morgan fingerprint density at radius 3 is 2.62 bits per heavy atom. The van der Waals surface area contributed by atoms with Crippen molar-refractivity contribution in [1.29, 1.82) is 0 Å². The monoisotopic (exact) mass is 285 g/mol. The molecule has 0 aliphatic heterocycles. The number of anilines is 1. The van der Waals surface area contributed by atoms with E-state index in [1.807, 2.05) is 38.2 Å². The van der Waals surface area contributed by atoms with Gasteiger partial charge in [0.1, 0.15) is 5.75 Å². The van der Waals surface area contributed by atoms with Crippen molar-refractivity contribution < 1.29 is 4.74 Å². The Bertz CT molecular complexity index is 625. The molecule has 0 unspecified atom stereocenters. The smallest absolute Gasteiger partial charge is 0.123 e. The molecule has 0 spiro atoms. The summed E-state index contributed by atoms with van der Waals surface area (Å²) in [5.41, 5.74) is 11.2. The zero-order valence-electron chi connectivity index (χ0n) is 13.2. The van der Waals surface area contributed by atoms with E-state index >= 15 is 0 Å². The van der Waals surface area contributed by atoms with Crippen LogP contribution in [-0.2, 0) is 13.1 Å². The second kappa shape index (κ2) is 6.59. The van der Waals surface area contributed by atoms with Crippen LogP contribution in [0.4, 0.5) is 5.69 Å². The Kier molecular flexibility index (Phi) is 4.81. The van der Waals surface area contributed by atoms with Crippen molar-refractivity contribution in [3.05, 3.63) is 52.8 Å². The average Bonchev–Trinajstić information content (AvgIpc) is 2.48. The molecule has 0 saturated heterocycles. The predicted molar refractivity (Wildman–Crippen MR) is 86.3 cm³/mol. The zero-order chi connectivity index (χ0) is 15.4. The van der Waals surface area contributed by atoms with Gasteiger partial charge in [0.05, 0.1) is 12.8 Å². The van der Waals surface area contributed by atoms with Gasteiger partial charge in [-0.3, -0.25) is 9.88 Å². The van der Waals surface area contributed by atoms with Crippen molar-refractivity contribution >= 4 is 5.69 Å². The van der Waals surface area contributed by atoms with Gasteiger partial charge in [-0.25, -0.2) is 0 Å². The molecule has 0 amide bonds. The number of hydrogen-bond acceptors (Lipinski definition) is 4. The molecule has 4 nitrogen and oxygen atoms in total. The number of nitrogens with two attached hydrogens (primary N) is 1. The SMILES string of the molecule is COc1ccccc1CN(C)Cc1ncc(C)c(N)c1C. The lowest BCUT2D eigenvalue weighted by Crippen LogP contribution is -2.19. The lowest BCUT2D eigenvalue weighted by atomic mass is 10.1. The van der Waals surface area contributed by atoms with Gasteiger partial charge in [-0.2, -0.15) is 0 Å². The first-order valence-corrected chi connectivity index (χ1v) is 7.04. The number of hydrogen-bond donors (Lipinski definition) is 1. The summed E-state index contributed by atoms with van der Waals surface area (Å²) < 4.78 is 5.39. The van der Waals surface area contributed by atoms with Crippen LogP contribution in [0.1, 0.15) is 22.4 Å². The Morgan fingerprint density at radius 1 is 1.19 bits per heavy atom. The lowest BCUT2D eigenvalue weighted by molar-refractivity contribution is 0.306. The number of aromatic nitrogens is 1. The molecule has 21 heavy (non-hydrogen) atoms. The summed E-state index contributed by atoms with van der Waals surface area (Å²) in [7, 11) is 3.77. The maximum Gasteiger partial charge on any atom is 0.123 e. The van der Waals surface area contributed by atoms with Gasteiger partial charge in [-0.1, -0.05) is 18.2 Å². The number of aryl methyl sites for hydroxylation is 1. The minimum Gasteiger partial charge on any atom is -0.496 e. The number of methoxy groups -OCH3 is 1. The molecule has 0 saturated carbocycles. The molecule has 0 aliphatic carbocycles. The van der Waals surface area contributed by atoms with E-state index < -0.39 is 0 Å². The molecule has 0 aliphatic rings. The molecule has 1 aromatic carbocycles. The maximum atomic E-state index is 6.08. The third kappa shape index (κ3) is 3.52. The first-order chi connectivity index (χ1) is 10.0. The van der Waals surface area contributed by atoms with E-state index in [4.69, 9.17) is 10.5 Å². The Hall–Kier alpha value is -2.07. The van der Waals surface area contributed by atoms with Crippen molar-refractivity contribution in [2.75, 3.05) is 19.9 Å². The van der Waals surface area contributed by atoms with Gasteiger partial charge in [-0.05, 0) is 38.1 Å². The number of nitrogen functional groups attached to an aromatic ring is 1. The van der Waals surface area contributed by atoms with Gasteiger partial charge >= 0.3 is 0 Å². The third-order valence-electron chi connectivity index (χ3n) is 3.73. The number of rotatable bonds is 5. The van der Waals surface area contributed by atoms with Crippen molar-refractivity contribution in [3.8, 4) is 5.75 Å². The van der Waals surface area contributed by atoms with Gasteiger partial charge in [0.2, 0.25) is 0 Å². The van der Waals surface area contributed by atoms with Crippen molar-refractivity contribution in [2.45, 2.75) is 26.9 Å². The van der Waals surface area contributed by atoms with Gasteiger partial charge in [0.15, 0.2) is 0 Å². The molecular weight excluding hydrogens is 262 g/mol. The molecule has 4 heteroatoms. The highest BCUT2D eigenvalue weighted by Gasteiger charge is 2.10. The fourth-order valence-corrected chi connectivity index (χ4v) is 2.39. The molecule has 2 aromatic rings. The number of para-hydroxylation sites is 1. The quantitative estimate of drug-likeness (QED) is 0.917. The van der Waals surface area contributed by atoms with E-state index in [0.29, 0.717) is 0 Å². The highest BCUT2D eigenvalue weighted by Crippen LogP contribution is 2.22. The summed E-state index contributed by atoms with van der Waals surface area (Å²) in [5, 5.41) is 0. The van der Waals surface area contributed by atoms with Gasteiger partial charge in [0.25, 0.3) is 0 Å². The van der Waals surface area contributed by atoms with Crippen molar-refractivity contribution in [1.82, 2.24) is 9.88 Å². The first-order valence-electron chi connectivity index (χ1n) is 7.04. The fraction of sp³-hybridized carbons (Fsp3) is 0.353. The number of nitrogens with zero attached hydrogens (tertiary/aromatic N) is 2. The second-order valence-corrected chi connectivity index (χ2v) is 5.41. The van der Waals surface area contributed by atoms with E-state index in [-0.39, 0.29) is 0 Å². The molecule has 2 N–H and O–H groups in total. The molecule has 1 heterocycles. The first kappa shape index (κ1) is 15.3. The van der Waals surface area contributed by atoms with E-state index in [1.54, 1.807) is 7.11 Å². The summed E-state index contributed by atoms with van der Waals surface area (Å²) in [4.78, 5) is 6.72. The Balaban J connectivity index is 2.12. The van der Waals surface area contributed by atoms with Gasteiger partial charge in [-0.15, -0.1) is 0 Å². The van der Waals surface area contributed by atoms with Crippen LogP contribution < -0.4 is 10.5 Å². The van der Waals surface area contributed by atoms with Crippen LogP contribution in [0.15, 0.2) is 30.5 Å². The summed E-state index contributed by atoms with van der Waals surface area (Å²) in [5.74, 6) is 0.914. The predicted octanol–water partition coefficient (Wildman–Crippen LogP) is 2.92. The van der Waals surface area contributed by atoms with Crippen LogP contribution >= 0.6 is 0 Å². The van der Waals surface area contributed by atoms with E-state index in [2.05, 4.69) is 23.0 Å². The molecule has 112 valence electrons. The van der Waals surface area contributed by atoms with E-state index in [9.17, 15) is 0 Å². The number of benzene rings is 1. The highest BCUT2D eigenvalue weighted by molar-refractivity contribution is 5.53. The molecule has 1 aromatic heterocycles. The minimum absolute atomic E-state index is 0.758. The van der Waals surface area contributed by atoms with Gasteiger partial charge in [0, 0.05) is 30.5 Å². The van der Waals surface area contributed by atoms with Crippen LogP contribution in [0.2, 0.25) is 0 Å². The molecular formula is C17H23N3O. The Morgan fingerprint density at radius 2 is 1.90 bits per heavy atom. The maximum absolute atomic E-state index is 6.08. The molecule has 0 fully saturated rings. The van der Waals surface area contributed by atoms with E-state index in [0.717, 1.165) is 41.3 Å². The number of ether oxygens (including phenoxy) is 1. The van der Waals surface area contributed by atoms with Crippen LogP contribution in [0.25, 0.3) is 0 Å². The summed E-state index contributed by atoms with van der Waals surface area (Å²) in [6.07, 6.45) is 1.84. The summed E-state index contributed by atoms with van der Waals surface area (Å²) in [6, 6.07) is 8.07. The van der Waals surface area contributed by atoms with Crippen LogP contribution in [0.3, 0.4) is 0 Å². The van der Waals surface area contributed by atoms with Crippen molar-refractivity contribution in [2.24, 2.45) is 0 Å². The van der Waals surface area contributed by atoms with Crippen LogP contribution in [0, 0.1) is 13.8 Å². The molecule has 0 atom stereocenters. The highest BCUT2D eigenvalue weighted by atomic mass is 16.5. The molecule has 2 rings (SSSR count). The molecule has 0 radical (unpaired) electrons. The second-order valence-electron chi connectivity index (χ2n) is 5.41. The normalized spacial score (nSPS) is 10.9. The minimum atomic E-state index is 0.758. The molecule has 0 bridgehead atoms. The lowest BCUT2D eigenvalue weighted by Gasteiger charge is -2.19. The fourth-order valence-electron chi connectivity index (χ4n) is 2.39.